The topological polar surface area (TPSA) is 98.4 Å². The first kappa shape index (κ1) is 16.0. The largest absolute Gasteiger partial charge is 0.461 e. The number of carbonyl (C=O) groups excluding carboxylic acids is 1. The number of likely N-dealkylation sites (tertiary alicyclic amines) is 1. The normalized spacial score (nSPS) is 16.9. The van der Waals surface area contributed by atoms with Gasteiger partial charge in [0.1, 0.15) is 0 Å². The molecule has 0 aliphatic carbocycles. The zero-order chi connectivity index (χ0) is 18.2. The summed E-state index contributed by atoms with van der Waals surface area (Å²) in [5.41, 5.74) is 1.17. The molecule has 1 aliphatic rings. The van der Waals surface area contributed by atoms with Crippen molar-refractivity contribution in [2.75, 3.05) is 13.1 Å². The lowest BCUT2D eigenvalue weighted by Gasteiger charge is -2.13. The second kappa shape index (κ2) is 6.51. The Balaban J connectivity index is 1.29. The summed E-state index contributed by atoms with van der Waals surface area (Å²) in [4.78, 5) is 18.9. The third-order valence-electron chi connectivity index (χ3n) is 4.54. The molecule has 0 radical (unpaired) electrons. The fourth-order valence-corrected chi connectivity index (χ4v) is 3.76. The van der Waals surface area contributed by atoms with Crippen LogP contribution in [0.25, 0.3) is 23.0 Å². The summed E-state index contributed by atoms with van der Waals surface area (Å²) in [5, 5.41) is 11.9. The molecule has 0 spiro atoms. The van der Waals surface area contributed by atoms with Crippen LogP contribution in [0.4, 0.5) is 0 Å². The summed E-state index contributed by atoms with van der Waals surface area (Å²) in [5.74, 6) is 1.96. The first-order valence-corrected chi connectivity index (χ1v) is 9.38. The first-order valence-electron chi connectivity index (χ1n) is 8.44. The fraction of sp³-hybridized carbons (Fsp3) is 0.222. The van der Waals surface area contributed by atoms with Gasteiger partial charge in [0.25, 0.3) is 11.8 Å². The maximum absolute atomic E-state index is 12.7. The van der Waals surface area contributed by atoms with Crippen molar-refractivity contribution in [2.24, 2.45) is 0 Å². The average molecular weight is 382 g/mol. The van der Waals surface area contributed by atoms with Crippen LogP contribution in [0.1, 0.15) is 28.7 Å². The second-order valence-corrected chi connectivity index (χ2v) is 7.04. The van der Waals surface area contributed by atoms with Crippen LogP contribution in [-0.4, -0.2) is 39.2 Å². The highest BCUT2D eigenvalue weighted by Crippen LogP contribution is 2.29. The minimum atomic E-state index is -0.180. The van der Waals surface area contributed by atoms with Gasteiger partial charge in [0.2, 0.25) is 5.76 Å². The van der Waals surface area contributed by atoms with E-state index >= 15 is 0 Å². The molecule has 136 valence electrons. The Morgan fingerprint density at radius 3 is 3.00 bits per heavy atom. The average Bonchev–Trinajstić information content (AvgIpc) is 3.50. The highest BCUT2D eigenvalue weighted by molar-refractivity contribution is 7.08. The van der Waals surface area contributed by atoms with Gasteiger partial charge in [0.15, 0.2) is 17.3 Å². The number of rotatable bonds is 4. The van der Waals surface area contributed by atoms with Crippen molar-refractivity contribution in [3.63, 3.8) is 0 Å². The molecular formula is C18H14N4O4S. The van der Waals surface area contributed by atoms with Gasteiger partial charge < -0.3 is 18.4 Å². The van der Waals surface area contributed by atoms with Gasteiger partial charge in [-0.15, -0.1) is 0 Å². The molecule has 4 aromatic heterocycles. The number of aromatic nitrogens is 3. The predicted octanol–water partition coefficient (Wildman–Crippen LogP) is 3.68. The van der Waals surface area contributed by atoms with Gasteiger partial charge in [0, 0.05) is 30.5 Å². The lowest BCUT2D eigenvalue weighted by Crippen LogP contribution is -2.28. The number of carbonyl (C=O) groups is 1. The van der Waals surface area contributed by atoms with E-state index < -0.39 is 0 Å². The Morgan fingerprint density at radius 1 is 1.22 bits per heavy atom. The Kier molecular flexibility index (Phi) is 3.86. The molecule has 27 heavy (non-hydrogen) atoms. The van der Waals surface area contributed by atoms with Gasteiger partial charge in [-0.05, 0) is 30.0 Å². The number of hydrogen-bond donors (Lipinski definition) is 0. The molecule has 1 saturated heterocycles. The molecule has 5 heterocycles. The second-order valence-electron chi connectivity index (χ2n) is 6.26. The molecule has 4 aromatic rings. The zero-order valence-electron chi connectivity index (χ0n) is 14.1. The smallest absolute Gasteiger partial charge is 0.276 e. The quantitative estimate of drug-likeness (QED) is 0.531. The first-order chi connectivity index (χ1) is 13.3. The summed E-state index contributed by atoms with van der Waals surface area (Å²) in [7, 11) is 0. The molecule has 0 saturated carbocycles. The van der Waals surface area contributed by atoms with Crippen LogP contribution in [-0.2, 0) is 0 Å². The molecule has 1 aliphatic heterocycles. The zero-order valence-corrected chi connectivity index (χ0v) is 14.9. The third-order valence-corrected chi connectivity index (χ3v) is 5.23. The number of furan rings is 1. The lowest BCUT2D eigenvalue weighted by atomic mass is 10.1. The molecule has 8 nitrogen and oxygen atoms in total. The Labute approximate surface area is 157 Å². The highest BCUT2D eigenvalue weighted by Gasteiger charge is 2.32. The van der Waals surface area contributed by atoms with Gasteiger partial charge in [-0.25, -0.2) is 0 Å². The molecule has 9 heteroatoms. The number of amides is 1. The van der Waals surface area contributed by atoms with Gasteiger partial charge >= 0.3 is 0 Å². The standard InChI is InChI=1S/C18H14N4O4S/c23-18(13-8-15(25-20-13)14-2-1-6-24-14)22-5-3-11(9-22)16-19-17(26-21-16)12-4-7-27-10-12/h1-2,4,6-8,10-11H,3,5,9H2. The summed E-state index contributed by atoms with van der Waals surface area (Å²) < 4.78 is 15.8. The van der Waals surface area contributed by atoms with Crippen LogP contribution in [0.5, 0.6) is 0 Å². The van der Waals surface area contributed by atoms with Gasteiger partial charge in [-0.3, -0.25) is 4.79 Å². The van der Waals surface area contributed by atoms with Crippen molar-refractivity contribution in [1.82, 2.24) is 20.2 Å². The van der Waals surface area contributed by atoms with E-state index in [9.17, 15) is 4.79 Å². The van der Waals surface area contributed by atoms with Crippen molar-refractivity contribution in [3.8, 4) is 23.0 Å². The van der Waals surface area contributed by atoms with E-state index in [0.29, 0.717) is 36.3 Å². The van der Waals surface area contributed by atoms with Crippen molar-refractivity contribution >= 4 is 17.2 Å². The van der Waals surface area contributed by atoms with E-state index in [1.165, 1.54) is 0 Å². The minimum Gasteiger partial charge on any atom is -0.461 e. The van der Waals surface area contributed by atoms with Gasteiger partial charge in [-0.1, -0.05) is 10.3 Å². The van der Waals surface area contributed by atoms with Crippen LogP contribution in [0.3, 0.4) is 0 Å². The predicted molar refractivity (Wildman–Crippen MR) is 95.1 cm³/mol. The SMILES string of the molecule is O=C(c1cc(-c2ccco2)on1)N1CCC(c2noc(-c3ccsc3)n2)C1. The van der Waals surface area contributed by atoms with E-state index in [1.807, 2.05) is 16.8 Å². The summed E-state index contributed by atoms with van der Waals surface area (Å²) >= 11 is 1.58. The van der Waals surface area contributed by atoms with Crippen molar-refractivity contribution < 1.29 is 18.3 Å². The lowest BCUT2D eigenvalue weighted by molar-refractivity contribution is 0.0780. The molecule has 1 fully saturated rings. The maximum atomic E-state index is 12.7. The molecule has 1 atom stereocenters. The van der Waals surface area contributed by atoms with Crippen LogP contribution >= 0.6 is 11.3 Å². The third kappa shape index (κ3) is 2.95. The number of hydrogen-bond acceptors (Lipinski definition) is 8. The Morgan fingerprint density at radius 2 is 2.19 bits per heavy atom. The van der Waals surface area contributed by atoms with E-state index in [4.69, 9.17) is 13.5 Å². The van der Waals surface area contributed by atoms with E-state index in [-0.39, 0.29) is 17.5 Å². The molecule has 0 N–H and O–H groups in total. The van der Waals surface area contributed by atoms with Crippen LogP contribution in [0.2, 0.25) is 0 Å². The van der Waals surface area contributed by atoms with Crippen LogP contribution in [0, 0.1) is 0 Å². The maximum Gasteiger partial charge on any atom is 0.276 e. The summed E-state index contributed by atoms with van der Waals surface area (Å²) in [6.07, 6.45) is 2.32. The van der Waals surface area contributed by atoms with Crippen molar-refractivity contribution in [3.05, 3.63) is 52.8 Å². The molecule has 0 bridgehead atoms. The van der Waals surface area contributed by atoms with Gasteiger partial charge in [-0.2, -0.15) is 16.3 Å². The van der Waals surface area contributed by atoms with E-state index in [2.05, 4.69) is 15.3 Å². The highest BCUT2D eigenvalue weighted by atomic mass is 32.1. The van der Waals surface area contributed by atoms with Crippen molar-refractivity contribution in [2.45, 2.75) is 12.3 Å². The van der Waals surface area contributed by atoms with Crippen LogP contribution < -0.4 is 0 Å². The van der Waals surface area contributed by atoms with E-state index in [1.54, 1.807) is 40.7 Å². The molecule has 5 rings (SSSR count). The monoisotopic (exact) mass is 382 g/mol. The molecular weight excluding hydrogens is 368 g/mol. The van der Waals surface area contributed by atoms with Crippen LogP contribution in [0.15, 0.2) is 54.8 Å². The molecule has 1 amide bonds. The summed E-state index contributed by atoms with van der Waals surface area (Å²) in [6, 6.07) is 7.03. The minimum absolute atomic E-state index is 0.0431. The number of thiophene rings is 1. The summed E-state index contributed by atoms with van der Waals surface area (Å²) in [6.45, 7) is 1.12. The fourth-order valence-electron chi connectivity index (χ4n) is 3.13. The van der Waals surface area contributed by atoms with Crippen molar-refractivity contribution in [1.29, 1.82) is 0 Å². The molecule has 1 unspecified atom stereocenters. The van der Waals surface area contributed by atoms with E-state index in [0.717, 1.165) is 12.0 Å². The molecule has 0 aromatic carbocycles. The van der Waals surface area contributed by atoms with Gasteiger partial charge in [0.05, 0.1) is 11.8 Å². The Bertz CT molecular complexity index is 1050. The Hall–Kier alpha value is -3.20. The number of nitrogens with zero attached hydrogens (tertiary/aromatic N) is 4.